The highest BCUT2D eigenvalue weighted by atomic mass is 127. The van der Waals surface area contributed by atoms with E-state index >= 15 is 0 Å². The van der Waals surface area contributed by atoms with Crippen LogP contribution < -0.4 is 10.5 Å². The van der Waals surface area contributed by atoms with Gasteiger partial charge in [0.1, 0.15) is 11.9 Å². The van der Waals surface area contributed by atoms with Crippen LogP contribution in [0.1, 0.15) is 24.2 Å². The minimum absolute atomic E-state index is 0.0715. The molecule has 0 saturated heterocycles. The Kier molecular flexibility index (Phi) is 4.82. The lowest BCUT2D eigenvalue weighted by Crippen LogP contribution is -2.29. The third-order valence-corrected chi connectivity index (χ3v) is 3.83. The van der Waals surface area contributed by atoms with Gasteiger partial charge in [-0.3, -0.25) is 0 Å². The Morgan fingerprint density at radius 3 is 2.47 bits per heavy atom. The molecule has 0 spiro atoms. The summed E-state index contributed by atoms with van der Waals surface area (Å²) in [5.41, 5.74) is 8.43. The zero-order valence-electron chi connectivity index (χ0n) is 11.1. The van der Waals surface area contributed by atoms with E-state index in [2.05, 4.69) is 47.7 Å². The minimum Gasteiger partial charge on any atom is -0.483 e. The maximum atomic E-state index is 6.12. The summed E-state index contributed by atoms with van der Waals surface area (Å²) in [6.07, 6.45) is -0.129. The van der Waals surface area contributed by atoms with Crippen molar-refractivity contribution in [2.75, 3.05) is 0 Å². The van der Waals surface area contributed by atoms with E-state index in [9.17, 15) is 0 Å². The van der Waals surface area contributed by atoms with Crippen molar-refractivity contribution in [3.63, 3.8) is 0 Å². The Bertz CT molecular complexity index is 554. The zero-order chi connectivity index (χ0) is 13.8. The predicted molar refractivity (Wildman–Crippen MR) is 87.4 cm³/mol. The summed E-state index contributed by atoms with van der Waals surface area (Å²) < 4.78 is 7.21. The molecule has 0 aliphatic heterocycles. The number of para-hydroxylation sites is 1. The number of ether oxygens (including phenoxy) is 1. The summed E-state index contributed by atoms with van der Waals surface area (Å²) in [4.78, 5) is 0. The third kappa shape index (κ3) is 3.70. The van der Waals surface area contributed by atoms with Crippen molar-refractivity contribution in [3.05, 3.63) is 63.2 Å². The first-order chi connectivity index (χ1) is 9.08. The molecule has 0 aliphatic carbocycles. The highest BCUT2D eigenvalue weighted by Crippen LogP contribution is 2.28. The highest BCUT2D eigenvalue weighted by Gasteiger charge is 2.19. The fourth-order valence-electron chi connectivity index (χ4n) is 2.00. The Balaban J connectivity index is 2.29. The maximum absolute atomic E-state index is 6.12. The molecule has 2 rings (SSSR count). The molecule has 3 heteroatoms. The van der Waals surface area contributed by atoms with Gasteiger partial charge in [0.05, 0.1) is 3.57 Å². The molecule has 0 heterocycles. The first kappa shape index (κ1) is 14.3. The normalized spacial score (nSPS) is 13.9. The Morgan fingerprint density at radius 1 is 1.11 bits per heavy atom. The second kappa shape index (κ2) is 6.39. The van der Waals surface area contributed by atoms with Gasteiger partial charge < -0.3 is 10.5 Å². The molecule has 0 bridgehead atoms. The van der Waals surface area contributed by atoms with Crippen LogP contribution in [0.25, 0.3) is 0 Å². The van der Waals surface area contributed by atoms with Gasteiger partial charge in [0.2, 0.25) is 0 Å². The standard InChI is InChI=1S/C16H18INO/c1-11-6-5-7-13(10-11)16(12(2)18)19-15-9-4-3-8-14(15)17/h3-10,12,16H,18H2,1-2H3. The van der Waals surface area contributed by atoms with Gasteiger partial charge in [0, 0.05) is 6.04 Å². The van der Waals surface area contributed by atoms with Crippen LogP contribution in [0.15, 0.2) is 48.5 Å². The number of halogens is 1. The largest absolute Gasteiger partial charge is 0.483 e. The van der Waals surface area contributed by atoms with E-state index in [-0.39, 0.29) is 12.1 Å². The van der Waals surface area contributed by atoms with Crippen LogP contribution in [-0.2, 0) is 0 Å². The molecule has 0 radical (unpaired) electrons. The number of hydrogen-bond donors (Lipinski definition) is 1. The van der Waals surface area contributed by atoms with Gasteiger partial charge in [-0.05, 0) is 54.1 Å². The van der Waals surface area contributed by atoms with Gasteiger partial charge in [-0.2, -0.15) is 0 Å². The van der Waals surface area contributed by atoms with E-state index in [0.717, 1.165) is 14.9 Å². The second-order valence-electron chi connectivity index (χ2n) is 4.74. The Morgan fingerprint density at radius 2 is 1.84 bits per heavy atom. The third-order valence-electron chi connectivity index (χ3n) is 2.94. The van der Waals surface area contributed by atoms with Crippen LogP contribution in [0.5, 0.6) is 5.75 Å². The van der Waals surface area contributed by atoms with Gasteiger partial charge in [0.15, 0.2) is 0 Å². The van der Waals surface area contributed by atoms with Crippen molar-refractivity contribution >= 4 is 22.6 Å². The quantitative estimate of drug-likeness (QED) is 0.827. The van der Waals surface area contributed by atoms with Gasteiger partial charge in [-0.25, -0.2) is 0 Å². The van der Waals surface area contributed by atoms with Gasteiger partial charge >= 0.3 is 0 Å². The van der Waals surface area contributed by atoms with E-state index in [1.165, 1.54) is 5.56 Å². The van der Waals surface area contributed by atoms with Crippen LogP contribution in [0, 0.1) is 10.5 Å². The molecule has 2 aromatic rings. The molecule has 0 saturated carbocycles. The first-order valence-electron chi connectivity index (χ1n) is 6.31. The van der Waals surface area contributed by atoms with Crippen molar-refractivity contribution in [2.24, 2.45) is 5.73 Å². The highest BCUT2D eigenvalue weighted by molar-refractivity contribution is 14.1. The minimum atomic E-state index is -0.129. The zero-order valence-corrected chi connectivity index (χ0v) is 13.3. The molecule has 2 N–H and O–H groups in total. The molecule has 0 fully saturated rings. The van der Waals surface area contributed by atoms with Crippen LogP contribution in [-0.4, -0.2) is 6.04 Å². The van der Waals surface area contributed by atoms with E-state index in [1.807, 2.05) is 37.3 Å². The number of hydrogen-bond acceptors (Lipinski definition) is 2. The summed E-state index contributed by atoms with van der Waals surface area (Å²) in [7, 11) is 0. The number of nitrogens with two attached hydrogens (primary N) is 1. The van der Waals surface area contributed by atoms with Crippen LogP contribution in [0.3, 0.4) is 0 Å². The summed E-state index contributed by atoms with van der Waals surface area (Å²) in [6, 6.07) is 16.2. The molecule has 0 amide bonds. The molecule has 2 atom stereocenters. The molecule has 0 aromatic heterocycles. The van der Waals surface area contributed by atoms with Crippen molar-refractivity contribution in [1.29, 1.82) is 0 Å². The fourth-order valence-corrected chi connectivity index (χ4v) is 2.52. The van der Waals surface area contributed by atoms with Gasteiger partial charge in [-0.1, -0.05) is 42.0 Å². The summed E-state index contributed by atoms with van der Waals surface area (Å²) in [6.45, 7) is 4.05. The first-order valence-corrected chi connectivity index (χ1v) is 7.39. The van der Waals surface area contributed by atoms with Gasteiger partial charge in [-0.15, -0.1) is 0 Å². The van der Waals surface area contributed by atoms with E-state index in [4.69, 9.17) is 10.5 Å². The van der Waals surface area contributed by atoms with E-state index < -0.39 is 0 Å². The number of benzene rings is 2. The molecule has 2 aromatic carbocycles. The summed E-state index contributed by atoms with van der Waals surface area (Å²) in [5, 5.41) is 0. The average molecular weight is 367 g/mol. The van der Waals surface area contributed by atoms with Crippen LogP contribution in [0.4, 0.5) is 0 Å². The van der Waals surface area contributed by atoms with Crippen molar-refractivity contribution in [3.8, 4) is 5.75 Å². The molecule has 0 aliphatic rings. The van der Waals surface area contributed by atoms with Gasteiger partial charge in [0.25, 0.3) is 0 Å². The van der Waals surface area contributed by atoms with E-state index in [0.29, 0.717) is 0 Å². The monoisotopic (exact) mass is 367 g/mol. The Hall–Kier alpha value is -1.07. The van der Waals surface area contributed by atoms with Crippen molar-refractivity contribution < 1.29 is 4.74 Å². The maximum Gasteiger partial charge on any atom is 0.139 e. The lowest BCUT2D eigenvalue weighted by atomic mass is 10.0. The molecule has 19 heavy (non-hydrogen) atoms. The predicted octanol–water partition coefficient (Wildman–Crippen LogP) is 4.07. The van der Waals surface area contributed by atoms with Crippen molar-refractivity contribution in [1.82, 2.24) is 0 Å². The summed E-state index contributed by atoms with van der Waals surface area (Å²) >= 11 is 2.28. The smallest absolute Gasteiger partial charge is 0.139 e. The second-order valence-corrected chi connectivity index (χ2v) is 5.90. The number of aryl methyl sites for hydroxylation is 1. The Labute approximate surface area is 128 Å². The lowest BCUT2D eigenvalue weighted by molar-refractivity contribution is 0.179. The van der Waals surface area contributed by atoms with Crippen LogP contribution >= 0.6 is 22.6 Å². The molecule has 2 nitrogen and oxygen atoms in total. The molecule has 100 valence electrons. The SMILES string of the molecule is Cc1cccc(C(Oc2ccccc2I)C(C)N)c1. The lowest BCUT2D eigenvalue weighted by Gasteiger charge is -2.24. The van der Waals surface area contributed by atoms with Crippen molar-refractivity contribution in [2.45, 2.75) is 26.0 Å². The average Bonchev–Trinajstić information content (AvgIpc) is 2.37. The topological polar surface area (TPSA) is 35.2 Å². The van der Waals surface area contributed by atoms with E-state index in [1.54, 1.807) is 0 Å². The fraction of sp³-hybridized carbons (Fsp3) is 0.250. The number of rotatable bonds is 4. The molecule has 2 unspecified atom stereocenters. The molecular formula is C16H18INO. The summed E-state index contributed by atoms with van der Waals surface area (Å²) in [5.74, 6) is 0.881. The molecular weight excluding hydrogens is 349 g/mol. The van der Waals surface area contributed by atoms with Crippen LogP contribution in [0.2, 0.25) is 0 Å².